The quantitative estimate of drug-likeness (QED) is 0.524. The van der Waals surface area contributed by atoms with Crippen LogP contribution in [0.2, 0.25) is 0 Å². The molecule has 0 bridgehead atoms. The number of para-hydroxylation sites is 1. The van der Waals surface area contributed by atoms with Crippen LogP contribution < -0.4 is 10.1 Å². The van der Waals surface area contributed by atoms with Gasteiger partial charge in [0.2, 0.25) is 5.95 Å². The summed E-state index contributed by atoms with van der Waals surface area (Å²) < 4.78 is 10.9. The van der Waals surface area contributed by atoms with Crippen LogP contribution in [0.5, 0.6) is 5.75 Å². The van der Waals surface area contributed by atoms with Gasteiger partial charge in [-0.3, -0.25) is 4.98 Å². The Kier molecular flexibility index (Phi) is 5.20. The van der Waals surface area contributed by atoms with Crippen LogP contribution in [0.25, 0.3) is 22.6 Å². The molecule has 0 unspecified atom stereocenters. The van der Waals surface area contributed by atoms with Crippen LogP contribution in [-0.2, 0) is 6.54 Å². The number of ether oxygens (including phenoxy) is 1. The molecule has 0 atom stereocenters. The van der Waals surface area contributed by atoms with Gasteiger partial charge < -0.3 is 14.6 Å². The van der Waals surface area contributed by atoms with Crippen LogP contribution >= 0.6 is 0 Å². The average molecular weight is 387 g/mol. The van der Waals surface area contributed by atoms with E-state index in [2.05, 4.69) is 20.4 Å². The van der Waals surface area contributed by atoms with Gasteiger partial charge in [0.25, 0.3) is 0 Å². The molecule has 0 saturated heterocycles. The van der Waals surface area contributed by atoms with Gasteiger partial charge in [-0.15, -0.1) is 0 Å². The Morgan fingerprint density at radius 1 is 1.03 bits per heavy atom. The molecule has 4 aromatic rings. The monoisotopic (exact) mass is 387 g/mol. The molecule has 146 valence electrons. The first kappa shape index (κ1) is 18.6. The van der Waals surface area contributed by atoms with Crippen LogP contribution in [0.1, 0.15) is 17.0 Å². The number of rotatable bonds is 6. The first-order valence-electron chi connectivity index (χ1n) is 9.24. The van der Waals surface area contributed by atoms with E-state index in [1.54, 1.807) is 19.5 Å². The zero-order chi connectivity index (χ0) is 20.2. The zero-order valence-corrected chi connectivity index (χ0v) is 16.5. The highest BCUT2D eigenvalue weighted by molar-refractivity contribution is 5.79. The molecule has 29 heavy (non-hydrogen) atoms. The van der Waals surface area contributed by atoms with Crippen molar-refractivity contribution < 1.29 is 9.26 Å². The van der Waals surface area contributed by atoms with Crippen LogP contribution in [-0.4, -0.2) is 27.2 Å². The number of nitrogens with zero attached hydrogens (tertiary/aromatic N) is 4. The Labute approximate surface area is 168 Å². The molecule has 0 aliphatic heterocycles. The van der Waals surface area contributed by atoms with Crippen molar-refractivity contribution in [3.63, 3.8) is 0 Å². The Bertz CT molecular complexity index is 1140. The van der Waals surface area contributed by atoms with E-state index in [-0.39, 0.29) is 0 Å². The summed E-state index contributed by atoms with van der Waals surface area (Å²) in [5.41, 5.74) is 5.12. The number of pyridine rings is 1. The largest absolute Gasteiger partial charge is 0.496 e. The Hall–Kier alpha value is -3.74. The van der Waals surface area contributed by atoms with Gasteiger partial charge >= 0.3 is 0 Å². The Balaban J connectivity index is 1.72. The van der Waals surface area contributed by atoms with E-state index in [0.29, 0.717) is 18.3 Å². The van der Waals surface area contributed by atoms with Crippen molar-refractivity contribution in [3.8, 4) is 28.3 Å². The van der Waals surface area contributed by atoms with Gasteiger partial charge in [0.05, 0.1) is 24.1 Å². The Morgan fingerprint density at radius 3 is 2.66 bits per heavy atom. The lowest BCUT2D eigenvalue weighted by Crippen LogP contribution is -2.06. The van der Waals surface area contributed by atoms with Crippen LogP contribution in [0.3, 0.4) is 0 Å². The molecule has 3 heterocycles. The number of hydrogen-bond donors (Lipinski definition) is 1. The number of aryl methyl sites for hydroxylation is 2. The van der Waals surface area contributed by atoms with Crippen molar-refractivity contribution in [1.29, 1.82) is 0 Å². The van der Waals surface area contributed by atoms with Crippen LogP contribution in [0.4, 0.5) is 5.95 Å². The maximum absolute atomic E-state index is 5.46. The van der Waals surface area contributed by atoms with Crippen molar-refractivity contribution in [1.82, 2.24) is 20.1 Å². The second-order valence-corrected chi connectivity index (χ2v) is 6.59. The fraction of sp³-hybridized carbons (Fsp3) is 0.182. The molecule has 7 nitrogen and oxygen atoms in total. The third-order valence-corrected chi connectivity index (χ3v) is 4.57. The standard InChI is InChI=1S/C22H21N5O2/c1-14-11-20(29-27-14)18-13-25-22(24-12-16-7-4-5-9-19(16)28-3)26-21(18)17-8-6-10-23-15(17)2/h4-11,13H,12H2,1-3H3,(H,24,25,26). The number of hydrogen-bond acceptors (Lipinski definition) is 7. The SMILES string of the molecule is COc1ccccc1CNc1ncc(-c2cc(C)no2)c(-c2cccnc2C)n1. The summed E-state index contributed by atoms with van der Waals surface area (Å²) in [5, 5.41) is 7.27. The van der Waals surface area contributed by atoms with E-state index in [4.69, 9.17) is 14.2 Å². The van der Waals surface area contributed by atoms with E-state index in [0.717, 1.165) is 39.5 Å². The molecule has 0 amide bonds. The normalized spacial score (nSPS) is 10.7. The molecule has 0 fully saturated rings. The smallest absolute Gasteiger partial charge is 0.223 e. The maximum atomic E-state index is 5.46. The summed E-state index contributed by atoms with van der Waals surface area (Å²) in [6.07, 6.45) is 3.51. The van der Waals surface area contributed by atoms with Gasteiger partial charge in [-0.05, 0) is 32.0 Å². The van der Waals surface area contributed by atoms with Gasteiger partial charge in [-0.2, -0.15) is 0 Å². The molecular weight excluding hydrogens is 366 g/mol. The highest BCUT2D eigenvalue weighted by Crippen LogP contribution is 2.32. The summed E-state index contributed by atoms with van der Waals surface area (Å²) in [6.45, 7) is 4.37. The van der Waals surface area contributed by atoms with E-state index >= 15 is 0 Å². The Morgan fingerprint density at radius 2 is 1.90 bits per heavy atom. The van der Waals surface area contributed by atoms with E-state index in [1.165, 1.54) is 0 Å². The summed E-state index contributed by atoms with van der Waals surface area (Å²) in [5.74, 6) is 1.95. The number of methoxy groups -OCH3 is 1. The molecule has 7 heteroatoms. The molecule has 0 saturated carbocycles. The van der Waals surface area contributed by atoms with Crippen molar-refractivity contribution in [2.75, 3.05) is 12.4 Å². The predicted octanol–water partition coefficient (Wildman–Crippen LogP) is 4.43. The van der Waals surface area contributed by atoms with Gasteiger partial charge in [-0.25, -0.2) is 9.97 Å². The van der Waals surface area contributed by atoms with Crippen molar-refractivity contribution in [3.05, 3.63) is 71.8 Å². The van der Waals surface area contributed by atoms with Crippen molar-refractivity contribution >= 4 is 5.95 Å². The average Bonchev–Trinajstić information content (AvgIpc) is 3.18. The second kappa shape index (κ2) is 8.10. The summed E-state index contributed by atoms with van der Waals surface area (Å²) in [7, 11) is 1.66. The topological polar surface area (TPSA) is 86.0 Å². The fourth-order valence-corrected chi connectivity index (χ4v) is 3.10. The third kappa shape index (κ3) is 3.94. The highest BCUT2D eigenvalue weighted by atomic mass is 16.5. The highest BCUT2D eigenvalue weighted by Gasteiger charge is 2.17. The first-order chi connectivity index (χ1) is 14.2. The summed E-state index contributed by atoms with van der Waals surface area (Å²) in [4.78, 5) is 13.6. The number of anilines is 1. The van der Waals surface area contributed by atoms with Crippen LogP contribution in [0.15, 0.2) is 59.4 Å². The number of nitrogens with one attached hydrogen (secondary N) is 1. The molecule has 0 aliphatic carbocycles. The third-order valence-electron chi connectivity index (χ3n) is 4.57. The van der Waals surface area contributed by atoms with Crippen LogP contribution in [0, 0.1) is 13.8 Å². The molecule has 0 spiro atoms. The van der Waals surface area contributed by atoms with E-state index < -0.39 is 0 Å². The van der Waals surface area contributed by atoms with E-state index in [1.807, 2.05) is 56.3 Å². The van der Waals surface area contributed by atoms with Gasteiger partial charge in [0, 0.05) is 41.8 Å². The second-order valence-electron chi connectivity index (χ2n) is 6.59. The number of benzene rings is 1. The predicted molar refractivity (Wildman–Crippen MR) is 111 cm³/mol. The maximum Gasteiger partial charge on any atom is 0.223 e. The van der Waals surface area contributed by atoms with Gasteiger partial charge in [0.1, 0.15) is 5.75 Å². The summed E-state index contributed by atoms with van der Waals surface area (Å²) >= 11 is 0. The molecule has 1 aromatic carbocycles. The molecule has 0 aliphatic rings. The zero-order valence-electron chi connectivity index (χ0n) is 16.5. The molecule has 4 rings (SSSR count). The van der Waals surface area contributed by atoms with Crippen molar-refractivity contribution in [2.45, 2.75) is 20.4 Å². The minimum atomic E-state index is 0.508. The lowest BCUT2D eigenvalue weighted by molar-refractivity contribution is 0.410. The summed E-state index contributed by atoms with van der Waals surface area (Å²) in [6, 6.07) is 13.6. The first-order valence-corrected chi connectivity index (χ1v) is 9.24. The van der Waals surface area contributed by atoms with Crippen molar-refractivity contribution in [2.24, 2.45) is 0 Å². The molecular formula is C22H21N5O2. The molecule has 1 N–H and O–H groups in total. The lowest BCUT2D eigenvalue weighted by Gasteiger charge is -2.12. The van der Waals surface area contributed by atoms with Gasteiger partial charge in [0.15, 0.2) is 5.76 Å². The minimum absolute atomic E-state index is 0.508. The van der Waals surface area contributed by atoms with E-state index in [9.17, 15) is 0 Å². The minimum Gasteiger partial charge on any atom is -0.496 e. The van der Waals surface area contributed by atoms with Gasteiger partial charge in [-0.1, -0.05) is 23.4 Å². The number of aromatic nitrogens is 4. The molecule has 3 aromatic heterocycles. The molecule has 0 radical (unpaired) electrons. The fourth-order valence-electron chi connectivity index (χ4n) is 3.10. The lowest BCUT2D eigenvalue weighted by atomic mass is 10.0.